The lowest BCUT2D eigenvalue weighted by Gasteiger charge is -2.33. The Kier molecular flexibility index (Phi) is 2.79. The fraction of sp³-hybridized carbons (Fsp3) is 0.500. The van der Waals surface area contributed by atoms with Gasteiger partial charge in [-0.15, -0.1) is 0 Å². The van der Waals surface area contributed by atoms with Gasteiger partial charge in [0.25, 0.3) is 5.69 Å². The van der Waals surface area contributed by atoms with E-state index in [2.05, 4.69) is 32.8 Å². The highest BCUT2D eigenvalue weighted by molar-refractivity contribution is 9.10. The van der Waals surface area contributed by atoms with E-state index < -0.39 is 0 Å². The molecule has 6 heteroatoms. The molecule has 0 aliphatic carbocycles. The normalized spacial score (nSPS) is 26.9. The Hall–Kier alpha value is -1.14. The molecule has 5 nitrogen and oxygen atoms in total. The third kappa shape index (κ3) is 1.80. The predicted octanol–water partition coefficient (Wildman–Crippen LogP) is 2.25. The number of hydrogen-bond acceptors (Lipinski definition) is 4. The third-order valence-corrected chi connectivity index (χ3v) is 4.61. The van der Waals surface area contributed by atoms with Crippen LogP contribution in [0.2, 0.25) is 0 Å². The molecule has 0 amide bonds. The molecule has 2 bridgehead atoms. The van der Waals surface area contributed by atoms with Gasteiger partial charge in [0, 0.05) is 36.9 Å². The summed E-state index contributed by atoms with van der Waals surface area (Å²) >= 11 is 3.28. The first-order valence-corrected chi connectivity index (χ1v) is 6.76. The summed E-state index contributed by atoms with van der Waals surface area (Å²) in [5, 5.41) is 10.8. The van der Waals surface area contributed by atoms with E-state index >= 15 is 0 Å². The van der Waals surface area contributed by atoms with E-state index in [1.807, 2.05) is 12.1 Å². The van der Waals surface area contributed by atoms with Crippen LogP contribution in [0.25, 0.3) is 0 Å². The van der Waals surface area contributed by atoms with Gasteiger partial charge in [0.15, 0.2) is 0 Å². The fourth-order valence-corrected chi connectivity index (χ4v) is 3.52. The van der Waals surface area contributed by atoms with Crippen LogP contribution in [0.15, 0.2) is 22.7 Å². The number of rotatable bonds is 2. The maximum atomic E-state index is 10.8. The second-order valence-corrected chi connectivity index (χ2v) is 5.88. The number of fused-ring (bicyclic) bond motifs is 2. The van der Waals surface area contributed by atoms with Crippen molar-refractivity contribution in [1.29, 1.82) is 0 Å². The molecule has 2 fully saturated rings. The molecular weight excluding hydrogens is 298 g/mol. The first-order chi connectivity index (χ1) is 8.56. The molecule has 2 unspecified atom stereocenters. The van der Waals surface area contributed by atoms with Crippen LogP contribution in [0, 0.1) is 10.1 Å². The molecule has 1 aromatic rings. The van der Waals surface area contributed by atoms with Crippen LogP contribution in [0.1, 0.15) is 6.42 Å². The smallest absolute Gasteiger partial charge is 0.283 e. The predicted molar refractivity (Wildman–Crippen MR) is 73.0 cm³/mol. The van der Waals surface area contributed by atoms with E-state index in [0.29, 0.717) is 16.6 Å². The van der Waals surface area contributed by atoms with Crippen LogP contribution in [0.4, 0.5) is 11.4 Å². The lowest BCUT2D eigenvalue weighted by Crippen LogP contribution is -2.44. The van der Waals surface area contributed by atoms with Crippen LogP contribution >= 0.6 is 15.9 Å². The van der Waals surface area contributed by atoms with Gasteiger partial charge in [-0.2, -0.15) is 0 Å². The van der Waals surface area contributed by atoms with Crippen LogP contribution in [-0.2, 0) is 0 Å². The maximum Gasteiger partial charge on any atom is 0.283 e. The molecule has 2 aliphatic rings. The summed E-state index contributed by atoms with van der Waals surface area (Å²) in [6.45, 7) is 2.10. The maximum absolute atomic E-state index is 10.8. The molecule has 0 N–H and O–H groups in total. The van der Waals surface area contributed by atoms with Crippen molar-refractivity contribution < 1.29 is 4.92 Å². The molecule has 0 aromatic heterocycles. The lowest BCUT2D eigenvalue weighted by atomic mass is 10.2. The molecule has 2 heterocycles. The van der Waals surface area contributed by atoms with E-state index in [1.54, 1.807) is 6.07 Å². The van der Waals surface area contributed by atoms with Gasteiger partial charge >= 0.3 is 0 Å². The lowest BCUT2D eigenvalue weighted by molar-refractivity contribution is -0.385. The number of likely N-dealkylation sites (tertiary alicyclic amines) is 1. The Bertz CT molecular complexity index is 506. The average molecular weight is 312 g/mol. The van der Waals surface area contributed by atoms with Crippen molar-refractivity contribution in [3.63, 3.8) is 0 Å². The number of piperazine rings is 1. The molecule has 0 spiro atoms. The van der Waals surface area contributed by atoms with E-state index in [1.165, 1.54) is 6.42 Å². The molecule has 96 valence electrons. The summed E-state index contributed by atoms with van der Waals surface area (Å²) in [4.78, 5) is 15.2. The van der Waals surface area contributed by atoms with Crippen molar-refractivity contribution >= 4 is 27.3 Å². The number of halogens is 1. The van der Waals surface area contributed by atoms with Gasteiger partial charge in [-0.1, -0.05) is 0 Å². The largest absolute Gasteiger partial charge is 0.366 e. The highest BCUT2D eigenvalue weighted by Gasteiger charge is 2.41. The number of nitrogens with zero attached hydrogens (tertiary/aromatic N) is 3. The van der Waals surface area contributed by atoms with Gasteiger partial charge in [-0.05, 0) is 41.5 Å². The fourth-order valence-electron chi connectivity index (χ4n) is 3.00. The number of nitro benzene ring substituents is 1. The van der Waals surface area contributed by atoms with Gasteiger partial charge < -0.3 is 4.90 Å². The van der Waals surface area contributed by atoms with Crippen LogP contribution in [0.5, 0.6) is 0 Å². The van der Waals surface area contributed by atoms with Gasteiger partial charge in [0.2, 0.25) is 0 Å². The summed E-state index contributed by atoms with van der Waals surface area (Å²) in [7, 11) is 2.16. The van der Waals surface area contributed by atoms with Gasteiger partial charge in [0.05, 0.1) is 9.40 Å². The Morgan fingerprint density at radius 3 is 2.67 bits per heavy atom. The van der Waals surface area contributed by atoms with E-state index in [9.17, 15) is 10.1 Å². The van der Waals surface area contributed by atoms with Crippen LogP contribution in [0.3, 0.4) is 0 Å². The highest BCUT2D eigenvalue weighted by atomic mass is 79.9. The standard InChI is InChI=1S/C12H14BrN3O2/c1-14-6-10-4-9(14)7-15(10)8-2-3-12(16(17)18)11(13)5-8/h2-3,5,9-10H,4,6-7H2,1H3. The zero-order valence-corrected chi connectivity index (χ0v) is 11.6. The summed E-state index contributed by atoms with van der Waals surface area (Å²) in [6, 6.07) is 6.47. The monoisotopic (exact) mass is 311 g/mol. The van der Waals surface area contributed by atoms with Gasteiger partial charge in [-0.25, -0.2) is 0 Å². The quantitative estimate of drug-likeness (QED) is 0.621. The molecule has 2 atom stereocenters. The highest BCUT2D eigenvalue weighted by Crippen LogP contribution is 2.36. The molecule has 2 saturated heterocycles. The average Bonchev–Trinajstić information content (AvgIpc) is 2.86. The SMILES string of the molecule is CN1CC2CC1CN2c1ccc([N+](=O)[O-])c(Br)c1. The number of hydrogen-bond donors (Lipinski definition) is 0. The van der Waals surface area contributed by atoms with E-state index in [4.69, 9.17) is 0 Å². The zero-order valence-electron chi connectivity index (χ0n) is 10.0. The second-order valence-electron chi connectivity index (χ2n) is 5.03. The molecule has 1 aromatic carbocycles. The first kappa shape index (κ1) is 11.9. The van der Waals surface area contributed by atoms with Crippen molar-refractivity contribution in [2.45, 2.75) is 18.5 Å². The third-order valence-electron chi connectivity index (χ3n) is 3.97. The first-order valence-electron chi connectivity index (χ1n) is 5.97. The number of anilines is 1. The van der Waals surface area contributed by atoms with Gasteiger partial charge in [0.1, 0.15) is 0 Å². The minimum absolute atomic E-state index is 0.125. The molecule has 2 aliphatic heterocycles. The van der Waals surface area contributed by atoms with Gasteiger partial charge in [-0.3, -0.25) is 15.0 Å². The van der Waals surface area contributed by atoms with Crippen LogP contribution < -0.4 is 4.90 Å². The minimum atomic E-state index is -0.363. The van der Waals surface area contributed by atoms with E-state index in [-0.39, 0.29) is 10.6 Å². The number of benzene rings is 1. The van der Waals surface area contributed by atoms with Crippen molar-refractivity contribution in [2.24, 2.45) is 0 Å². The Balaban J connectivity index is 1.86. The Labute approximate surface area is 114 Å². The van der Waals surface area contributed by atoms with Crippen LogP contribution in [-0.4, -0.2) is 42.0 Å². The Morgan fingerprint density at radius 1 is 1.39 bits per heavy atom. The summed E-state index contributed by atoms with van der Waals surface area (Å²) < 4.78 is 0.557. The molecule has 0 saturated carbocycles. The summed E-state index contributed by atoms with van der Waals surface area (Å²) in [5.74, 6) is 0. The molecular formula is C12H14BrN3O2. The topological polar surface area (TPSA) is 49.6 Å². The van der Waals surface area contributed by atoms with E-state index in [0.717, 1.165) is 18.8 Å². The van der Waals surface area contributed by atoms with Crippen molar-refractivity contribution in [1.82, 2.24) is 4.90 Å². The van der Waals surface area contributed by atoms with Crippen molar-refractivity contribution in [2.75, 3.05) is 25.0 Å². The molecule has 3 rings (SSSR count). The molecule has 0 radical (unpaired) electrons. The number of nitro groups is 1. The summed E-state index contributed by atoms with van der Waals surface area (Å²) in [6.07, 6.45) is 1.20. The minimum Gasteiger partial charge on any atom is -0.366 e. The second kappa shape index (κ2) is 4.20. The molecule has 18 heavy (non-hydrogen) atoms. The Morgan fingerprint density at radius 2 is 2.17 bits per heavy atom. The number of likely N-dealkylation sites (N-methyl/N-ethyl adjacent to an activating group) is 1. The van der Waals surface area contributed by atoms with Crippen molar-refractivity contribution in [3.05, 3.63) is 32.8 Å². The van der Waals surface area contributed by atoms with Crippen molar-refractivity contribution in [3.8, 4) is 0 Å². The zero-order chi connectivity index (χ0) is 12.9. The summed E-state index contributed by atoms with van der Waals surface area (Å²) in [5.41, 5.74) is 1.20.